The van der Waals surface area contributed by atoms with Crippen molar-refractivity contribution in [3.05, 3.63) is 42.1 Å². The number of halogens is 4. The van der Waals surface area contributed by atoms with Gasteiger partial charge in [-0.3, -0.25) is 4.40 Å². The average molecular weight is 434 g/mol. The molecule has 0 radical (unpaired) electrons. The van der Waals surface area contributed by atoms with Crippen molar-refractivity contribution in [1.29, 1.82) is 0 Å². The summed E-state index contributed by atoms with van der Waals surface area (Å²) in [6.07, 6.45) is 4.98. The molecule has 0 aliphatic carbocycles. The van der Waals surface area contributed by atoms with Gasteiger partial charge in [0, 0.05) is 24.3 Å². The fraction of sp³-hybridized carbons (Fsp3) is 0.350. The number of nitrogens with zero attached hydrogens (tertiary/aromatic N) is 4. The maximum atomic E-state index is 14.6. The lowest BCUT2D eigenvalue weighted by atomic mass is 9.95. The van der Waals surface area contributed by atoms with Crippen molar-refractivity contribution in [2.24, 2.45) is 0 Å². The number of aromatic nitrogens is 4. The van der Waals surface area contributed by atoms with Crippen molar-refractivity contribution >= 4 is 11.6 Å². The highest BCUT2D eigenvalue weighted by Gasteiger charge is 2.54. The van der Waals surface area contributed by atoms with E-state index in [2.05, 4.69) is 25.6 Å². The van der Waals surface area contributed by atoms with E-state index in [9.17, 15) is 22.7 Å². The predicted molar refractivity (Wildman–Crippen MR) is 104 cm³/mol. The molecule has 1 fully saturated rings. The van der Waals surface area contributed by atoms with Crippen LogP contribution in [0.1, 0.15) is 18.4 Å². The van der Waals surface area contributed by atoms with Crippen LogP contribution in [0.4, 0.5) is 23.5 Å². The summed E-state index contributed by atoms with van der Waals surface area (Å²) in [5.74, 6) is 0.809. The Balaban J connectivity index is 1.76. The minimum atomic E-state index is -5.11. The van der Waals surface area contributed by atoms with E-state index in [4.69, 9.17) is 6.42 Å². The van der Waals surface area contributed by atoms with Crippen LogP contribution in [-0.4, -0.2) is 49.8 Å². The first kappa shape index (κ1) is 21.0. The van der Waals surface area contributed by atoms with E-state index in [0.29, 0.717) is 6.54 Å². The van der Waals surface area contributed by atoms with Gasteiger partial charge in [-0.25, -0.2) is 19.3 Å². The third kappa shape index (κ3) is 3.80. The molecule has 1 unspecified atom stereocenters. The Bertz CT molecular complexity index is 1150. The van der Waals surface area contributed by atoms with Crippen molar-refractivity contribution in [3.63, 3.8) is 0 Å². The SMILES string of the molecule is C#C[C@@](O)(c1ccc2ncc(-c3nc(NC4CCCNC4)ncc3F)n2c1)C(F)(F)F. The highest BCUT2D eigenvalue weighted by atomic mass is 19.4. The molecule has 7 nitrogen and oxygen atoms in total. The number of pyridine rings is 1. The van der Waals surface area contributed by atoms with Gasteiger partial charge in [-0.1, -0.05) is 5.92 Å². The summed E-state index contributed by atoms with van der Waals surface area (Å²) < 4.78 is 55.9. The van der Waals surface area contributed by atoms with Gasteiger partial charge < -0.3 is 15.7 Å². The first-order chi connectivity index (χ1) is 14.7. The molecule has 162 valence electrons. The van der Waals surface area contributed by atoms with Crippen LogP contribution in [0, 0.1) is 18.2 Å². The number of imidazole rings is 1. The summed E-state index contributed by atoms with van der Waals surface area (Å²) in [6.45, 7) is 1.62. The van der Waals surface area contributed by atoms with Crippen LogP contribution in [0.25, 0.3) is 17.0 Å². The van der Waals surface area contributed by atoms with E-state index < -0.39 is 23.2 Å². The standard InChI is InChI=1S/C20H18F4N6O/c1-2-19(31,20(22,23)24)12-5-6-16-26-10-15(30(16)11-12)17-14(21)9-27-18(29-17)28-13-4-3-7-25-8-13/h1,5-6,9-11,13,25,31H,3-4,7-8H2,(H,27,28,29)/t13?,19-/m1/s1. The Hall–Kier alpha value is -3.23. The molecule has 0 saturated carbocycles. The maximum Gasteiger partial charge on any atom is 0.433 e. The molecule has 2 atom stereocenters. The lowest BCUT2D eigenvalue weighted by Crippen LogP contribution is -2.41. The molecule has 3 N–H and O–H groups in total. The predicted octanol–water partition coefficient (Wildman–Crippen LogP) is 2.48. The van der Waals surface area contributed by atoms with Crippen molar-refractivity contribution < 1.29 is 22.7 Å². The molecule has 0 bridgehead atoms. The van der Waals surface area contributed by atoms with Crippen LogP contribution in [-0.2, 0) is 5.60 Å². The normalized spacial score (nSPS) is 19.0. The Kier molecular flexibility index (Phi) is 5.28. The van der Waals surface area contributed by atoms with Crippen LogP contribution in [0.15, 0.2) is 30.7 Å². The summed E-state index contributed by atoms with van der Waals surface area (Å²) in [5, 5.41) is 16.4. The van der Waals surface area contributed by atoms with Crippen molar-refractivity contribution in [1.82, 2.24) is 24.7 Å². The molecular formula is C20H18F4N6O. The molecule has 3 aromatic rings. The molecule has 4 heterocycles. The van der Waals surface area contributed by atoms with E-state index in [0.717, 1.165) is 37.8 Å². The number of terminal acetylenes is 1. The number of aliphatic hydroxyl groups is 1. The van der Waals surface area contributed by atoms with E-state index in [1.807, 2.05) is 0 Å². The van der Waals surface area contributed by atoms with E-state index in [1.54, 1.807) is 0 Å². The minimum absolute atomic E-state index is 0.0678. The topological polar surface area (TPSA) is 87.4 Å². The van der Waals surface area contributed by atoms with Gasteiger partial charge in [0.2, 0.25) is 11.5 Å². The lowest BCUT2D eigenvalue weighted by molar-refractivity contribution is -0.240. The van der Waals surface area contributed by atoms with Gasteiger partial charge in [0.1, 0.15) is 11.3 Å². The highest BCUT2D eigenvalue weighted by molar-refractivity contribution is 5.62. The van der Waals surface area contributed by atoms with Crippen LogP contribution in [0.2, 0.25) is 0 Å². The van der Waals surface area contributed by atoms with Gasteiger partial charge in [0.25, 0.3) is 0 Å². The fourth-order valence-electron chi connectivity index (χ4n) is 3.47. The second kappa shape index (κ2) is 7.79. The Labute approximate surface area is 174 Å². The van der Waals surface area contributed by atoms with Gasteiger partial charge in [-0.2, -0.15) is 13.2 Å². The number of fused-ring (bicyclic) bond motifs is 1. The number of alkyl halides is 3. The quantitative estimate of drug-likeness (QED) is 0.432. The molecule has 11 heteroatoms. The Morgan fingerprint density at radius 1 is 1.26 bits per heavy atom. The van der Waals surface area contributed by atoms with Crippen molar-refractivity contribution in [3.8, 4) is 23.7 Å². The molecule has 1 saturated heterocycles. The van der Waals surface area contributed by atoms with E-state index in [-0.39, 0.29) is 29.0 Å². The molecule has 3 aromatic heterocycles. The number of anilines is 1. The summed E-state index contributed by atoms with van der Waals surface area (Å²) in [7, 11) is 0. The van der Waals surface area contributed by atoms with E-state index in [1.165, 1.54) is 22.6 Å². The fourth-order valence-corrected chi connectivity index (χ4v) is 3.47. The highest BCUT2D eigenvalue weighted by Crippen LogP contribution is 2.38. The number of piperidine rings is 1. The summed E-state index contributed by atoms with van der Waals surface area (Å²) in [4.78, 5) is 12.2. The minimum Gasteiger partial charge on any atom is -0.366 e. The van der Waals surface area contributed by atoms with Gasteiger partial charge in [0.05, 0.1) is 18.1 Å². The number of rotatable bonds is 4. The average Bonchev–Trinajstić information content (AvgIpc) is 3.17. The monoisotopic (exact) mass is 434 g/mol. The molecular weight excluding hydrogens is 416 g/mol. The van der Waals surface area contributed by atoms with Crippen molar-refractivity contribution in [2.45, 2.75) is 30.7 Å². The molecule has 0 amide bonds. The Morgan fingerprint density at radius 3 is 2.74 bits per heavy atom. The van der Waals surface area contributed by atoms with Gasteiger partial charge in [-0.05, 0) is 31.5 Å². The van der Waals surface area contributed by atoms with Crippen LogP contribution in [0.5, 0.6) is 0 Å². The lowest BCUT2D eigenvalue weighted by Gasteiger charge is -2.25. The zero-order valence-electron chi connectivity index (χ0n) is 16.1. The molecule has 1 aliphatic rings. The molecule has 0 aromatic carbocycles. The van der Waals surface area contributed by atoms with Gasteiger partial charge >= 0.3 is 6.18 Å². The first-order valence-electron chi connectivity index (χ1n) is 9.47. The third-order valence-electron chi connectivity index (χ3n) is 5.16. The molecule has 4 rings (SSSR count). The van der Waals surface area contributed by atoms with Crippen molar-refractivity contribution in [2.75, 3.05) is 18.4 Å². The zero-order valence-corrected chi connectivity index (χ0v) is 16.1. The number of hydrogen-bond acceptors (Lipinski definition) is 6. The van der Waals surface area contributed by atoms with Crippen LogP contribution < -0.4 is 10.6 Å². The van der Waals surface area contributed by atoms with Gasteiger partial charge in [0.15, 0.2) is 5.82 Å². The first-order valence-corrected chi connectivity index (χ1v) is 9.47. The molecule has 31 heavy (non-hydrogen) atoms. The van der Waals surface area contributed by atoms with Crippen LogP contribution in [0.3, 0.4) is 0 Å². The summed E-state index contributed by atoms with van der Waals surface area (Å²) >= 11 is 0. The smallest absolute Gasteiger partial charge is 0.366 e. The van der Waals surface area contributed by atoms with E-state index >= 15 is 0 Å². The summed E-state index contributed by atoms with van der Waals surface area (Å²) in [5.41, 5.74) is -3.95. The largest absolute Gasteiger partial charge is 0.433 e. The third-order valence-corrected chi connectivity index (χ3v) is 5.16. The summed E-state index contributed by atoms with van der Waals surface area (Å²) in [6, 6.07) is 2.34. The Morgan fingerprint density at radius 2 is 2.06 bits per heavy atom. The second-order valence-electron chi connectivity index (χ2n) is 7.22. The zero-order chi connectivity index (χ0) is 22.2. The van der Waals surface area contributed by atoms with Crippen LogP contribution >= 0.6 is 0 Å². The number of hydrogen-bond donors (Lipinski definition) is 3. The van der Waals surface area contributed by atoms with Gasteiger partial charge in [-0.15, -0.1) is 6.42 Å². The second-order valence-corrected chi connectivity index (χ2v) is 7.22. The maximum absolute atomic E-state index is 14.6. The molecule has 1 aliphatic heterocycles. The number of nitrogens with one attached hydrogen (secondary N) is 2. The molecule has 0 spiro atoms.